The molecular weight excluding hydrogens is 555 g/mol. The number of para-hydroxylation sites is 1. The van der Waals surface area contributed by atoms with Crippen molar-refractivity contribution in [1.82, 2.24) is 0 Å². The van der Waals surface area contributed by atoms with Crippen LogP contribution in [-0.4, -0.2) is 0 Å². The highest BCUT2D eigenvalue weighted by Gasteiger charge is 2.45. The maximum Gasteiger partial charge on any atom is 0.0713 e. The molecule has 0 atom stereocenters. The van der Waals surface area contributed by atoms with Gasteiger partial charge in [0.15, 0.2) is 0 Å². The van der Waals surface area contributed by atoms with Crippen LogP contribution in [0.2, 0.25) is 0 Å². The summed E-state index contributed by atoms with van der Waals surface area (Å²) in [6, 6.07) is 68.0. The Morgan fingerprint density at radius 2 is 0.696 bits per heavy atom. The smallest absolute Gasteiger partial charge is 0.0713 e. The first-order valence-electron chi connectivity index (χ1n) is 16.2. The number of benzene rings is 7. The van der Waals surface area contributed by atoms with Crippen LogP contribution in [0.25, 0.3) is 22.3 Å². The first kappa shape index (κ1) is 29.1. The summed E-state index contributed by atoms with van der Waals surface area (Å²) in [5, 5.41) is 0. The zero-order valence-corrected chi connectivity index (χ0v) is 26.3. The maximum absolute atomic E-state index is 2.34. The average Bonchev–Trinajstić information content (AvgIpc) is 3.46. The van der Waals surface area contributed by atoms with E-state index in [-0.39, 0.29) is 0 Å². The van der Waals surface area contributed by atoms with E-state index < -0.39 is 5.41 Å². The fraction of sp³-hybridized carbons (Fsp3) is 0.0667. The van der Waals surface area contributed by atoms with Crippen LogP contribution in [0.15, 0.2) is 188 Å². The van der Waals surface area contributed by atoms with Crippen LogP contribution in [0, 0.1) is 0 Å². The number of anilines is 3. The molecule has 0 spiro atoms. The molecular formula is C45H37N. The largest absolute Gasteiger partial charge is 0.311 e. The van der Waals surface area contributed by atoms with Crippen molar-refractivity contribution in [3.05, 3.63) is 210 Å². The summed E-state index contributed by atoms with van der Waals surface area (Å²) in [4.78, 5) is 2.34. The minimum absolute atomic E-state index is 0.401. The highest BCUT2D eigenvalue weighted by Crippen LogP contribution is 2.56. The molecule has 1 nitrogen and oxygen atoms in total. The second kappa shape index (κ2) is 12.8. The van der Waals surface area contributed by atoms with E-state index in [2.05, 4.69) is 193 Å². The van der Waals surface area contributed by atoms with Crippen molar-refractivity contribution in [2.75, 3.05) is 4.90 Å². The van der Waals surface area contributed by atoms with Crippen molar-refractivity contribution in [2.45, 2.75) is 19.3 Å². The summed E-state index contributed by atoms with van der Waals surface area (Å²) in [7, 11) is 0. The van der Waals surface area contributed by atoms with Gasteiger partial charge in [0.2, 0.25) is 0 Å². The molecule has 7 aromatic carbocycles. The summed E-state index contributed by atoms with van der Waals surface area (Å²) >= 11 is 0. The third kappa shape index (κ3) is 4.91. The second-order valence-electron chi connectivity index (χ2n) is 11.3. The van der Waals surface area contributed by atoms with Gasteiger partial charge in [0, 0.05) is 17.1 Å². The topological polar surface area (TPSA) is 3.24 Å². The van der Waals surface area contributed by atoms with Gasteiger partial charge in [0.1, 0.15) is 0 Å². The normalized spacial score (nSPS) is 12.3. The van der Waals surface area contributed by atoms with Gasteiger partial charge in [-0.3, -0.25) is 0 Å². The molecule has 0 amide bonds. The summed E-state index contributed by atoms with van der Waals surface area (Å²) < 4.78 is 0. The van der Waals surface area contributed by atoms with Gasteiger partial charge in [-0.25, -0.2) is 0 Å². The number of rotatable bonds is 6. The molecule has 0 fully saturated rings. The Bertz CT molecular complexity index is 1980. The van der Waals surface area contributed by atoms with Gasteiger partial charge in [-0.15, -0.1) is 0 Å². The molecule has 222 valence electrons. The van der Waals surface area contributed by atoms with Gasteiger partial charge in [0.25, 0.3) is 0 Å². The molecule has 0 saturated carbocycles. The number of hydrogen-bond acceptors (Lipinski definition) is 1. The molecule has 1 heteroatoms. The van der Waals surface area contributed by atoms with Crippen molar-refractivity contribution >= 4 is 17.1 Å². The monoisotopic (exact) mass is 591 g/mol. The van der Waals surface area contributed by atoms with Crippen molar-refractivity contribution in [3.8, 4) is 22.3 Å². The Labute approximate surface area is 273 Å². The maximum atomic E-state index is 2.34. The Morgan fingerprint density at radius 1 is 0.326 bits per heavy atom. The summed E-state index contributed by atoms with van der Waals surface area (Å²) in [6.45, 7) is 4.00. The van der Waals surface area contributed by atoms with E-state index in [0.717, 1.165) is 17.1 Å². The highest BCUT2D eigenvalue weighted by molar-refractivity contribution is 5.87. The molecule has 0 aromatic heterocycles. The first-order chi connectivity index (χ1) is 22.8. The van der Waals surface area contributed by atoms with Crippen LogP contribution in [0.3, 0.4) is 0 Å². The molecule has 1 aliphatic rings. The van der Waals surface area contributed by atoms with E-state index in [9.17, 15) is 0 Å². The lowest BCUT2D eigenvalue weighted by molar-refractivity contribution is 0.768. The molecule has 1 aliphatic carbocycles. The minimum Gasteiger partial charge on any atom is -0.311 e. The van der Waals surface area contributed by atoms with Crippen LogP contribution < -0.4 is 4.90 Å². The number of nitrogens with zero attached hydrogens (tertiary/aromatic N) is 1. The van der Waals surface area contributed by atoms with Gasteiger partial charge in [-0.2, -0.15) is 0 Å². The Hall–Kier alpha value is -5.66. The zero-order chi connectivity index (χ0) is 31.3. The predicted molar refractivity (Wildman–Crippen MR) is 195 cm³/mol. The molecule has 0 bridgehead atoms. The fourth-order valence-electron chi connectivity index (χ4n) is 7.03. The van der Waals surface area contributed by atoms with Gasteiger partial charge in [-0.1, -0.05) is 166 Å². The van der Waals surface area contributed by atoms with Crippen LogP contribution in [0.5, 0.6) is 0 Å². The van der Waals surface area contributed by atoms with Crippen molar-refractivity contribution in [2.24, 2.45) is 0 Å². The van der Waals surface area contributed by atoms with Gasteiger partial charge in [-0.05, 0) is 80.9 Å². The fourth-order valence-corrected chi connectivity index (χ4v) is 7.03. The molecule has 7 aromatic rings. The third-order valence-corrected chi connectivity index (χ3v) is 8.96. The lowest BCUT2D eigenvalue weighted by Crippen LogP contribution is -2.28. The summed E-state index contributed by atoms with van der Waals surface area (Å²) in [5.74, 6) is 0. The summed E-state index contributed by atoms with van der Waals surface area (Å²) in [6.07, 6.45) is 0. The molecule has 8 rings (SSSR count). The SMILES string of the molecule is CC.c1ccc(-c2ccc(N(c3ccccc3)c3ccc(C4(c5ccccc5)c5ccccc5-c5ccccc54)cc3)cc2)cc1. The van der Waals surface area contributed by atoms with E-state index in [1.165, 1.54) is 44.5 Å². The Kier molecular flexibility index (Phi) is 8.06. The predicted octanol–water partition coefficient (Wildman–Crippen LogP) is 12.2. The Morgan fingerprint density at radius 3 is 1.24 bits per heavy atom. The van der Waals surface area contributed by atoms with Crippen molar-refractivity contribution in [3.63, 3.8) is 0 Å². The van der Waals surface area contributed by atoms with Crippen molar-refractivity contribution < 1.29 is 0 Å². The van der Waals surface area contributed by atoms with Gasteiger partial charge in [0.05, 0.1) is 5.41 Å². The molecule has 46 heavy (non-hydrogen) atoms. The van der Waals surface area contributed by atoms with E-state index in [0.29, 0.717) is 0 Å². The van der Waals surface area contributed by atoms with Crippen LogP contribution in [-0.2, 0) is 5.41 Å². The second-order valence-corrected chi connectivity index (χ2v) is 11.3. The van der Waals surface area contributed by atoms with Crippen molar-refractivity contribution in [1.29, 1.82) is 0 Å². The average molecular weight is 592 g/mol. The minimum atomic E-state index is -0.401. The molecule has 0 aliphatic heterocycles. The van der Waals surface area contributed by atoms with E-state index in [1.54, 1.807) is 0 Å². The first-order valence-corrected chi connectivity index (χ1v) is 16.2. The quantitative estimate of drug-likeness (QED) is 0.186. The van der Waals surface area contributed by atoms with E-state index in [1.807, 2.05) is 13.8 Å². The summed E-state index contributed by atoms with van der Waals surface area (Å²) in [5.41, 5.74) is 13.2. The van der Waals surface area contributed by atoms with Gasteiger partial charge >= 0.3 is 0 Å². The Balaban J connectivity index is 0.00000166. The molecule has 0 N–H and O–H groups in total. The third-order valence-electron chi connectivity index (χ3n) is 8.96. The molecule has 0 radical (unpaired) electrons. The van der Waals surface area contributed by atoms with Gasteiger partial charge < -0.3 is 4.90 Å². The molecule has 0 saturated heterocycles. The van der Waals surface area contributed by atoms with Crippen LogP contribution in [0.1, 0.15) is 36.1 Å². The standard InChI is InChI=1S/C43H31N.C2H6/c1-4-14-32(15-5-1)33-24-28-37(29-25-33)44(36-18-8-3-9-19-36)38-30-26-35(27-31-38)43(34-16-6-2-7-17-34)41-22-12-10-20-39(41)40-21-11-13-23-42(40)43;1-2/h1-31H;1-2H3. The number of fused-ring (bicyclic) bond motifs is 3. The number of hydrogen-bond donors (Lipinski definition) is 0. The lowest BCUT2D eigenvalue weighted by atomic mass is 9.68. The highest BCUT2D eigenvalue weighted by atomic mass is 15.1. The van der Waals surface area contributed by atoms with Crippen LogP contribution >= 0.6 is 0 Å². The molecule has 0 heterocycles. The molecule has 0 unspecified atom stereocenters. The van der Waals surface area contributed by atoms with E-state index in [4.69, 9.17) is 0 Å². The van der Waals surface area contributed by atoms with E-state index >= 15 is 0 Å². The zero-order valence-electron chi connectivity index (χ0n) is 26.3. The van der Waals surface area contributed by atoms with Crippen LogP contribution in [0.4, 0.5) is 17.1 Å². The lowest BCUT2D eigenvalue weighted by Gasteiger charge is -2.34.